The van der Waals surface area contributed by atoms with E-state index in [4.69, 9.17) is 4.74 Å². The Balaban J connectivity index is 2.04. The highest BCUT2D eigenvalue weighted by Crippen LogP contribution is 2.37. The largest absolute Gasteiger partial charge is 0.508 e. The first-order valence-corrected chi connectivity index (χ1v) is 5.99. The second kappa shape index (κ2) is 4.38. The number of aliphatic hydroxyl groups excluding tert-OH is 1. The number of hydrogen-bond donors (Lipinski definition) is 4. The zero-order valence-electron chi connectivity index (χ0n) is 10.4. The predicted octanol–water partition coefficient (Wildman–Crippen LogP) is 2.67. The van der Waals surface area contributed by atoms with Crippen molar-refractivity contribution in [1.82, 2.24) is 0 Å². The molecule has 1 heterocycles. The van der Waals surface area contributed by atoms with Gasteiger partial charge in [0.1, 0.15) is 17.3 Å². The number of aliphatic hydroxyl groups is 1. The average Bonchev–Trinajstić information content (AvgIpc) is 2.42. The molecule has 0 saturated carbocycles. The van der Waals surface area contributed by atoms with E-state index in [9.17, 15) is 20.4 Å². The number of phenols is 3. The van der Waals surface area contributed by atoms with E-state index in [-0.39, 0.29) is 35.2 Å². The fourth-order valence-electron chi connectivity index (χ4n) is 2.10. The minimum absolute atomic E-state index is 0.0216. The Labute approximate surface area is 114 Å². The minimum Gasteiger partial charge on any atom is -0.508 e. The summed E-state index contributed by atoms with van der Waals surface area (Å²) < 4.78 is 5.58. The van der Waals surface area contributed by atoms with Crippen molar-refractivity contribution in [3.8, 4) is 23.0 Å². The maximum atomic E-state index is 10.0. The van der Waals surface area contributed by atoms with E-state index in [1.165, 1.54) is 30.3 Å². The summed E-state index contributed by atoms with van der Waals surface area (Å²) in [7, 11) is 0. The van der Waals surface area contributed by atoms with Crippen LogP contribution in [0.25, 0.3) is 5.76 Å². The third-order valence-corrected chi connectivity index (χ3v) is 3.12. The van der Waals surface area contributed by atoms with Crippen LogP contribution < -0.4 is 4.74 Å². The SMILES string of the molecule is OC1=C(c2ccc(O)c(O)c2)Oc2cc(O)ccc2C1. The lowest BCUT2D eigenvalue weighted by molar-refractivity contribution is 0.356. The van der Waals surface area contributed by atoms with Crippen molar-refractivity contribution >= 4 is 5.76 Å². The molecule has 0 unspecified atom stereocenters. The summed E-state index contributed by atoms with van der Waals surface area (Å²) in [4.78, 5) is 0. The van der Waals surface area contributed by atoms with Crippen LogP contribution in [0, 0.1) is 0 Å². The smallest absolute Gasteiger partial charge is 0.172 e. The van der Waals surface area contributed by atoms with Gasteiger partial charge in [-0.2, -0.15) is 0 Å². The normalized spacial score (nSPS) is 13.8. The second-order valence-corrected chi connectivity index (χ2v) is 4.55. The van der Waals surface area contributed by atoms with E-state index < -0.39 is 0 Å². The highest BCUT2D eigenvalue weighted by molar-refractivity contribution is 5.69. The Morgan fingerprint density at radius 3 is 2.40 bits per heavy atom. The van der Waals surface area contributed by atoms with Gasteiger partial charge < -0.3 is 25.2 Å². The lowest BCUT2D eigenvalue weighted by atomic mass is 10.0. The Hall–Kier alpha value is -2.82. The molecule has 0 bridgehead atoms. The summed E-state index contributed by atoms with van der Waals surface area (Å²) in [6.45, 7) is 0. The van der Waals surface area contributed by atoms with Crippen molar-refractivity contribution in [1.29, 1.82) is 0 Å². The highest BCUT2D eigenvalue weighted by Gasteiger charge is 2.21. The first-order valence-electron chi connectivity index (χ1n) is 5.99. The Kier molecular flexibility index (Phi) is 2.68. The van der Waals surface area contributed by atoms with Gasteiger partial charge in [0.2, 0.25) is 0 Å². The standard InChI is InChI=1S/C15H12O5/c16-10-3-1-8-5-13(19)15(20-14(8)7-10)9-2-4-11(17)12(18)6-9/h1-4,6-7,16-19H,5H2. The van der Waals surface area contributed by atoms with Gasteiger partial charge >= 0.3 is 0 Å². The summed E-state index contributed by atoms with van der Waals surface area (Å²) in [5, 5.41) is 38.3. The van der Waals surface area contributed by atoms with Crippen molar-refractivity contribution < 1.29 is 25.2 Å². The molecule has 0 atom stereocenters. The van der Waals surface area contributed by atoms with Crippen LogP contribution in [-0.4, -0.2) is 20.4 Å². The molecule has 0 fully saturated rings. The van der Waals surface area contributed by atoms with Gasteiger partial charge in [0.25, 0.3) is 0 Å². The highest BCUT2D eigenvalue weighted by atomic mass is 16.5. The molecule has 5 nitrogen and oxygen atoms in total. The lowest BCUT2D eigenvalue weighted by Crippen LogP contribution is -2.09. The van der Waals surface area contributed by atoms with E-state index >= 15 is 0 Å². The minimum atomic E-state index is -0.298. The molecule has 3 rings (SSSR count). The van der Waals surface area contributed by atoms with E-state index in [0.717, 1.165) is 5.56 Å². The van der Waals surface area contributed by atoms with Crippen LogP contribution >= 0.6 is 0 Å². The number of hydrogen-bond acceptors (Lipinski definition) is 5. The molecule has 0 radical (unpaired) electrons. The number of phenolic OH excluding ortho intramolecular Hbond substituents is 3. The molecule has 102 valence electrons. The molecule has 0 aromatic heterocycles. The third kappa shape index (κ3) is 1.99. The number of benzene rings is 2. The number of allylic oxidation sites excluding steroid dienone is 1. The van der Waals surface area contributed by atoms with Crippen LogP contribution in [0.4, 0.5) is 0 Å². The molecular weight excluding hydrogens is 260 g/mol. The fourth-order valence-corrected chi connectivity index (χ4v) is 2.10. The number of fused-ring (bicyclic) bond motifs is 1. The number of aromatic hydroxyl groups is 3. The molecule has 1 aliphatic rings. The summed E-state index contributed by atoms with van der Waals surface area (Å²) in [6, 6.07) is 8.79. The van der Waals surface area contributed by atoms with Gasteiger partial charge in [-0.15, -0.1) is 0 Å². The molecule has 0 aliphatic carbocycles. The predicted molar refractivity (Wildman–Crippen MR) is 71.8 cm³/mol. The first kappa shape index (κ1) is 12.2. The Morgan fingerprint density at radius 1 is 0.850 bits per heavy atom. The summed E-state index contributed by atoms with van der Waals surface area (Å²) >= 11 is 0. The van der Waals surface area contributed by atoms with Gasteiger partial charge in [0, 0.05) is 23.6 Å². The zero-order chi connectivity index (χ0) is 14.3. The van der Waals surface area contributed by atoms with Gasteiger partial charge in [0.05, 0.1) is 0 Å². The van der Waals surface area contributed by atoms with Crippen molar-refractivity contribution in [2.45, 2.75) is 6.42 Å². The molecule has 2 aromatic carbocycles. The van der Waals surface area contributed by atoms with Crippen LogP contribution in [0.1, 0.15) is 11.1 Å². The zero-order valence-corrected chi connectivity index (χ0v) is 10.4. The van der Waals surface area contributed by atoms with Gasteiger partial charge in [-0.05, 0) is 24.3 Å². The molecule has 0 amide bonds. The molecular formula is C15H12O5. The Bertz CT molecular complexity index is 718. The number of ether oxygens (including phenoxy) is 1. The molecule has 1 aliphatic heterocycles. The van der Waals surface area contributed by atoms with Crippen LogP contribution in [0.5, 0.6) is 23.0 Å². The lowest BCUT2D eigenvalue weighted by Gasteiger charge is -2.21. The average molecular weight is 272 g/mol. The summed E-state index contributed by atoms with van der Waals surface area (Å²) in [5.41, 5.74) is 1.19. The number of rotatable bonds is 1. The topological polar surface area (TPSA) is 90.2 Å². The Morgan fingerprint density at radius 2 is 1.65 bits per heavy atom. The van der Waals surface area contributed by atoms with Gasteiger partial charge in [-0.1, -0.05) is 6.07 Å². The third-order valence-electron chi connectivity index (χ3n) is 3.12. The molecule has 0 spiro atoms. The second-order valence-electron chi connectivity index (χ2n) is 4.55. The van der Waals surface area contributed by atoms with E-state index in [2.05, 4.69) is 0 Å². The van der Waals surface area contributed by atoms with Crippen LogP contribution in [-0.2, 0) is 6.42 Å². The quantitative estimate of drug-likeness (QED) is 0.599. The monoisotopic (exact) mass is 272 g/mol. The van der Waals surface area contributed by atoms with Crippen LogP contribution in [0.3, 0.4) is 0 Å². The summed E-state index contributed by atoms with van der Waals surface area (Å²) in [6.07, 6.45) is 0.270. The fraction of sp³-hybridized carbons (Fsp3) is 0.0667. The molecule has 0 saturated heterocycles. The van der Waals surface area contributed by atoms with E-state index in [0.29, 0.717) is 11.3 Å². The van der Waals surface area contributed by atoms with E-state index in [1.807, 2.05) is 0 Å². The molecule has 4 N–H and O–H groups in total. The van der Waals surface area contributed by atoms with Crippen molar-refractivity contribution in [3.63, 3.8) is 0 Å². The summed E-state index contributed by atoms with van der Waals surface area (Å²) in [5.74, 6) is 0.186. The van der Waals surface area contributed by atoms with Crippen molar-refractivity contribution in [3.05, 3.63) is 53.3 Å². The molecule has 20 heavy (non-hydrogen) atoms. The van der Waals surface area contributed by atoms with Gasteiger partial charge in [0.15, 0.2) is 17.3 Å². The first-order chi connectivity index (χ1) is 9.54. The van der Waals surface area contributed by atoms with Crippen molar-refractivity contribution in [2.24, 2.45) is 0 Å². The van der Waals surface area contributed by atoms with Crippen molar-refractivity contribution in [2.75, 3.05) is 0 Å². The molecule has 5 heteroatoms. The van der Waals surface area contributed by atoms with E-state index in [1.54, 1.807) is 6.07 Å². The van der Waals surface area contributed by atoms with Gasteiger partial charge in [-0.3, -0.25) is 0 Å². The van der Waals surface area contributed by atoms with Gasteiger partial charge in [-0.25, -0.2) is 0 Å². The maximum absolute atomic E-state index is 10.0. The van der Waals surface area contributed by atoms with Crippen LogP contribution in [0.2, 0.25) is 0 Å². The maximum Gasteiger partial charge on any atom is 0.172 e. The van der Waals surface area contributed by atoms with Crippen LogP contribution in [0.15, 0.2) is 42.2 Å². The molecule has 2 aromatic rings.